The van der Waals surface area contributed by atoms with Crippen LogP contribution in [0.5, 0.6) is 0 Å². The molecule has 0 aromatic carbocycles. The van der Waals surface area contributed by atoms with Crippen molar-refractivity contribution in [3.05, 3.63) is 0 Å². The Morgan fingerprint density at radius 1 is 1.33 bits per heavy atom. The van der Waals surface area contributed by atoms with Crippen LogP contribution < -0.4 is 0 Å². The van der Waals surface area contributed by atoms with Crippen LogP contribution in [0.4, 0.5) is 0 Å². The minimum Gasteiger partial charge on any atom is -0.481 e. The quantitative estimate of drug-likeness (QED) is 0.522. The van der Waals surface area contributed by atoms with E-state index in [2.05, 4.69) is 0 Å². The maximum absolute atomic E-state index is 11.0. The van der Waals surface area contributed by atoms with E-state index in [1.165, 1.54) is 0 Å². The van der Waals surface area contributed by atoms with Crippen LogP contribution in [0.25, 0.3) is 0 Å². The van der Waals surface area contributed by atoms with Crippen LogP contribution in [-0.2, 0) is 19.1 Å². The molecule has 18 heavy (non-hydrogen) atoms. The Morgan fingerprint density at radius 3 is 2.83 bits per heavy atom. The van der Waals surface area contributed by atoms with Gasteiger partial charge in [0.05, 0.1) is 12.2 Å². The van der Waals surface area contributed by atoms with E-state index in [0.29, 0.717) is 25.6 Å². The summed E-state index contributed by atoms with van der Waals surface area (Å²) in [4.78, 5) is 21.3. The van der Waals surface area contributed by atoms with E-state index in [4.69, 9.17) is 14.6 Å². The highest BCUT2D eigenvalue weighted by Crippen LogP contribution is 2.43. The molecule has 0 unspecified atom stereocenters. The Hall–Kier alpha value is -0.940. The summed E-state index contributed by atoms with van der Waals surface area (Å²) in [5, 5.41) is 8.47. The largest absolute Gasteiger partial charge is 0.481 e. The number of hydrogen-bond acceptors (Lipinski definition) is 4. The monoisotopic (exact) mass is 256 g/mol. The van der Waals surface area contributed by atoms with E-state index in [0.717, 1.165) is 25.5 Å². The van der Waals surface area contributed by atoms with Crippen molar-refractivity contribution in [1.29, 1.82) is 0 Å². The summed E-state index contributed by atoms with van der Waals surface area (Å²) in [5.41, 5.74) is 0. The highest BCUT2D eigenvalue weighted by molar-refractivity contribution is 5.66. The molecule has 0 aromatic heterocycles. The molecular formula is C13H20O5. The second-order valence-corrected chi connectivity index (χ2v) is 5.07. The van der Waals surface area contributed by atoms with Gasteiger partial charge in [0, 0.05) is 25.6 Å². The van der Waals surface area contributed by atoms with Crippen LogP contribution in [0.3, 0.4) is 0 Å². The summed E-state index contributed by atoms with van der Waals surface area (Å²) in [6, 6.07) is 0. The van der Waals surface area contributed by atoms with Gasteiger partial charge in [-0.05, 0) is 31.6 Å². The Bertz CT molecular complexity index is 304. The van der Waals surface area contributed by atoms with Gasteiger partial charge in [0.1, 0.15) is 6.29 Å². The van der Waals surface area contributed by atoms with E-state index in [9.17, 15) is 9.59 Å². The zero-order valence-electron chi connectivity index (χ0n) is 10.4. The molecule has 102 valence electrons. The van der Waals surface area contributed by atoms with Crippen molar-refractivity contribution in [1.82, 2.24) is 0 Å². The highest BCUT2D eigenvalue weighted by Gasteiger charge is 2.48. The van der Waals surface area contributed by atoms with Crippen molar-refractivity contribution in [2.45, 2.75) is 44.3 Å². The number of aldehydes is 1. The maximum atomic E-state index is 11.0. The molecule has 2 heterocycles. The SMILES string of the molecule is O=C[C@H]1[C@@H](CCOCCCC(=O)O)[C@H]2CC[C@@H]1O2. The van der Waals surface area contributed by atoms with Crippen LogP contribution in [0.15, 0.2) is 0 Å². The molecule has 4 atom stereocenters. The number of hydrogen-bond donors (Lipinski definition) is 1. The molecule has 0 saturated carbocycles. The zero-order chi connectivity index (χ0) is 13.0. The number of carbonyl (C=O) groups is 2. The van der Waals surface area contributed by atoms with Crippen molar-refractivity contribution >= 4 is 12.3 Å². The third-order valence-electron chi connectivity index (χ3n) is 3.92. The Kier molecular flexibility index (Phi) is 4.72. The lowest BCUT2D eigenvalue weighted by Crippen LogP contribution is -2.29. The number of rotatable bonds is 8. The van der Waals surface area contributed by atoms with Gasteiger partial charge in [-0.1, -0.05) is 0 Å². The predicted octanol–water partition coefficient (Wildman–Crippen LogP) is 1.25. The summed E-state index contributed by atoms with van der Waals surface area (Å²) in [6.07, 6.45) is 4.96. The third-order valence-corrected chi connectivity index (χ3v) is 3.92. The minimum absolute atomic E-state index is 0.0337. The van der Waals surface area contributed by atoms with Crippen molar-refractivity contribution < 1.29 is 24.2 Å². The van der Waals surface area contributed by atoms with Gasteiger partial charge in [0.2, 0.25) is 0 Å². The van der Waals surface area contributed by atoms with Gasteiger partial charge < -0.3 is 19.4 Å². The number of carboxylic acids is 1. The molecule has 5 heteroatoms. The van der Waals surface area contributed by atoms with Crippen LogP contribution in [0.1, 0.15) is 32.1 Å². The maximum Gasteiger partial charge on any atom is 0.303 e. The summed E-state index contributed by atoms with van der Waals surface area (Å²) in [5.74, 6) is -0.465. The highest BCUT2D eigenvalue weighted by atomic mass is 16.5. The van der Waals surface area contributed by atoms with Gasteiger partial charge in [-0.3, -0.25) is 4.79 Å². The number of fused-ring (bicyclic) bond motifs is 2. The Morgan fingerprint density at radius 2 is 2.11 bits per heavy atom. The first-order valence-electron chi connectivity index (χ1n) is 6.62. The molecule has 0 amide bonds. The smallest absolute Gasteiger partial charge is 0.303 e. The van der Waals surface area contributed by atoms with Gasteiger partial charge in [-0.15, -0.1) is 0 Å². The van der Waals surface area contributed by atoms with E-state index >= 15 is 0 Å². The lowest BCUT2D eigenvalue weighted by atomic mass is 9.78. The molecule has 2 saturated heterocycles. The van der Waals surface area contributed by atoms with Gasteiger partial charge in [-0.2, -0.15) is 0 Å². The molecule has 0 radical (unpaired) electrons. The fraction of sp³-hybridized carbons (Fsp3) is 0.846. The third kappa shape index (κ3) is 3.09. The second-order valence-electron chi connectivity index (χ2n) is 5.07. The van der Waals surface area contributed by atoms with Gasteiger partial charge in [0.15, 0.2) is 0 Å². The first kappa shape index (κ1) is 13.5. The fourth-order valence-electron chi connectivity index (χ4n) is 3.02. The Balaban J connectivity index is 1.61. The van der Waals surface area contributed by atoms with Gasteiger partial charge >= 0.3 is 5.97 Å². The van der Waals surface area contributed by atoms with Crippen molar-refractivity contribution in [3.8, 4) is 0 Å². The average Bonchev–Trinajstić information content (AvgIpc) is 2.93. The number of carbonyl (C=O) groups excluding carboxylic acids is 1. The molecule has 2 aliphatic heterocycles. The zero-order valence-corrected chi connectivity index (χ0v) is 10.4. The van der Waals surface area contributed by atoms with E-state index in [1.54, 1.807) is 0 Å². The van der Waals surface area contributed by atoms with Gasteiger partial charge in [-0.25, -0.2) is 0 Å². The molecule has 0 spiro atoms. The summed E-state index contributed by atoms with van der Waals surface area (Å²) < 4.78 is 11.1. The first-order valence-corrected chi connectivity index (χ1v) is 6.62. The van der Waals surface area contributed by atoms with E-state index < -0.39 is 5.97 Å². The summed E-state index contributed by atoms with van der Waals surface area (Å²) >= 11 is 0. The predicted molar refractivity (Wildman–Crippen MR) is 63.2 cm³/mol. The van der Waals surface area contributed by atoms with Crippen molar-refractivity contribution in [3.63, 3.8) is 0 Å². The molecule has 2 rings (SSSR count). The number of carboxylic acid groups (broad SMARTS) is 1. The molecule has 2 bridgehead atoms. The topological polar surface area (TPSA) is 72.8 Å². The van der Waals surface area contributed by atoms with E-state index in [-0.39, 0.29) is 24.5 Å². The molecule has 0 aliphatic carbocycles. The van der Waals surface area contributed by atoms with Crippen LogP contribution in [0.2, 0.25) is 0 Å². The lowest BCUT2D eigenvalue weighted by molar-refractivity contribution is -0.137. The molecule has 2 aliphatic rings. The normalized spacial score (nSPS) is 33.8. The van der Waals surface area contributed by atoms with Crippen molar-refractivity contribution in [2.75, 3.05) is 13.2 Å². The van der Waals surface area contributed by atoms with E-state index in [1.807, 2.05) is 0 Å². The fourth-order valence-corrected chi connectivity index (χ4v) is 3.02. The molecule has 0 aromatic rings. The van der Waals surface area contributed by atoms with Crippen LogP contribution in [-0.4, -0.2) is 42.8 Å². The first-order chi connectivity index (χ1) is 8.72. The molecule has 2 fully saturated rings. The van der Waals surface area contributed by atoms with Crippen molar-refractivity contribution in [2.24, 2.45) is 11.8 Å². The standard InChI is InChI=1S/C13H20O5/c14-8-10-9(11-3-4-12(10)18-11)5-7-17-6-1-2-13(15)16/h8-12H,1-7H2,(H,15,16)/t9-,10+,11-,12+/m1/s1. The Labute approximate surface area is 106 Å². The minimum atomic E-state index is -0.791. The average molecular weight is 256 g/mol. The summed E-state index contributed by atoms with van der Waals surface area (Å²) in [6.45, 7) is 1.06. The van der Waals surface area contributed by atoms with Gasteiger partial charge in [0.25, 0.3) is 0 Å². The molecular weight excluding hydrogens is 236 g/mol. The number of ether oxygens (including phenoxy) is 2. The van der Waals surface area contributed by atoms with Crippen LogP contribution in [0, 0.1) is 11.8 Å². The van der Waals surface area contributed by atoms with Crippen LogP contribution >= 0.6 is 0 Å². The molecule has 1 N–H and O–H groups in total. The number of aliphatic carboxylic acids is 1. The summed E-state index contributed by atoms with van der Waals surface area (Å²) in [7, 11) is 0. The lowest BCUT2D eigenvalue weighted by Gasteiger charge is -2.23. The molecule has 5 nitrogen and oxygen atoms in total. The second kappa shape index (κ2) is 6.29.